The van der Waals surface area contributed by atoms with E-state index in [1.165, 1.54) is 11.8 Å². The molecule has 8 nitrogen and oxygen atoms in total. The zero-order valence-corrected chi connectivity index (χ0v) is 21.2. The van der Waals surface area contributed by atoms with Crippen molar-refractivity contribution in [3.8, 4) is 0 Å². The summed E-state index contributed by atoms with van der Waals surface area (Å²) < 4.78 is 13.6. The molecular formula is C24H28N4O4S2. The molecule has 0 N–H and O–H groups in total. The number of nitrogens with zero attached hydrogens (tertiary/aromatic N) is 4. The van der Waals surface area contributed by atoms with Crippen LogP contribution in [0, 0.1) is 6.92 Å². The number of aryl methyl sites for hydroxylation is 1. The smallest absolute Gasteiger partial charge is 0.267 e. The number of morpholine rings is 1. The van der Waals surface area contributed by atoms with E-state index < -0.39 is 0 Å². The number of hydrogen-bond acceptors (Lipinski definition) is 8. The van der Waals surface area contributed by atoms with Crippen LogP contribution in [0.25, 0.3) is 11.7 Å². The van der Waals surface area contributed by atoms with Crippen LogP contribution in [0.2, 0.25) is 0 Å². The molecular weight excluding hydrogens is 472 g/mol. The summed E-state index contributed by atoms with van der Waals surface area (Å²) >= 11 is 6.73. The minimum absolute atomic E-state index is 0.00153. The van der Waals surface area contributed by atoms with Crippen molar-refractivity contribution in [1.29, 1.82) is 0 Å². The van der Waals surface area contributed by atoms with E-state index in [-0.39, 0.29) is 29.8 Å². The highest BCUT2D eigenvalue weighted by Gasteiger charge is 2.35. The second-order valence-electron chi connectivity index (χ2n) is 9.13. The van der Waals surface area contributed by atoms with Gasteiger partial charge in [0.15, 0.2) is 0 Å². The van der Waals surface area contributed by atoms with Crippen molar-refractivity contribution in [2.24, 2.45) is 0 Å². The zero-order chi connectivity index (χ0) is 24.0. The Labute approximate surface area is 207 Å². The Kier molecular flexibility index (Phi) is 6.49. The van der Waals surface area contributed by atoms with E-state index in [4.69, 9.17) is 26.7 Å². The fourth-order valence-corrected chi connectivity index (χ4v) is 6.06. The molecule has 2 aromatic heterocycles. The number of thiocarbonyl (C=S) groups is 1. The van der Waals surface area contributed by atoms with E-state index in [1.807, 2.05) is 32.9 Å². The number of pyridine rings is 1. The van der Waals surface area contributed by atoms with Crippen LogP contribution in [0.1, 0.15) is 37.8 Å². The van der Waals surface area contributed by atoms with Crippen LogP contribution in [0.5, 0.6) is 0 Å². The average molecular weight is 501 g/mol. The number of amides is 1. The van der Waals surface area contributed by atoms with Gasteiger partial charge in [0.1, 0.15) is 15.8 Å². The fraction of sp³-hybridized carbons (Fsp3) is 0.500. The van der Waals surface area contributed by atoms with Crippen molar-refractivity contribution in [2.75, 3.05) is 31.1 Å². The van der Waals surface area contributed by atoms with Gasteiger partial charge in [0.05, 0.1) is 35.3 Å². The number of anilines is 1. The maximum absolute atomic E-state index is 13.7. The summed E-state index contributed by atoms with van der Waals surface area (Å²) in [5, 5.41) is 0. The van der Waals surface area contributed by atoms with Gasteiger partial charge in [0.25, 0.3) is 11.5 Å². The molecule has 3 aliphatic heterocycles. The molecule has 3 aliphatic rings. The Morgan fingerprint density at radius 2 is 2.03 bits per heavy atom. The summed E-state index contributed by atoms with van der Waals surface area (Å²) in [7, 11) is 0. The Bertz CT molecular complexity index is 1230. The van der Waals surface area contributed by atoms with Gasteiger partial charge in [-0.2, -0.15) is 0 Å². The van der Waals surface area contributed by atoms with Gasteiger partial charge < -0.3 is 14.4 Å². The second-order valence-corrected chi connectivity index (χ2v) is 10.8. The van der Waals surface area contributed by atoms with E-state index in [0.29, 0.717) is 52.5 Å². The molecule has 0 radical (unpaired) electrons. The average Bonchev–Trinajstić information content (AvgIpc) is 3.39. The first kappa shape index (κ1) is 23.5. The predicted molar refractivity (Wildman–Crippen MR) is 137 cm³/mol. The maximum atomic E-state index is 13.7. The first-order valence-corrected chi connectivity index (χ1v) is 12.8. The molecule has 180 valence electrons. The topological polar surface area (TPSA) is 76.4 Å². The lowest BCUT2D eigenvalue weighted by Gasteiger charge is -2.36. The summed E-state index contributed by atoms with van der Waals surface area (Å²) in [6.07, 6.45) is 5.29. The zero-order valence-electron chi connectivity index (χ0n) is 19.5. The summed E-state index contributed by atoms with van der Waals surface area (Å²) in [4.78, 5) is 36.0. The Morgan fingerprint density at radius 3 is 2.74 bits per heavy atom. The molecule has 0 saturated carbocycles. The van der Waals surface area contributed by atoms with Gasteiger partial charge in [-0.25, -0.2) is 4.98 Å². The Balaban J connectivity index is 1.59. The molecule has 5 rings (SSSR count). The van der Waals surface area contributed by atoms with Gasteiger partial charge in [-0.3, -0.25) is 18.9 Å². The molecule has 2 aromatic rings. The van der Waals surface area contributed by atoms with Crippen molar-refractivity contribution in [2.45, 2.75) is 51.9 Å². The number of carbonyl (C=O) groups excluding carboxylic acids is 1. The minimum atomic E-state index is -0.208. The van der Waals surface area contributed by atoms with Crippen molar-refractivity contribution in [3.05, 3.63) is 44.7 Å². The van der Waals surface area contributed by atoms with Gasteiger partial charge in [-0.1, -0.05) is 30.0 Å². The van der Waals surface area contributed by atoms with E-state index in [0.717, 1.165) is 18.4 Å². The molecule has 5 heterocycles. The van der Waals surface area contributed by atoms with E-state index in [9.17, 15) is 9.59 Å². The quantitative estimate of drug-likeness (QED) is 0.469. The standard InChI is InChI=1S/C24H28N4O4S2/c1-14-6-4-8-27-20(14)25-21(26-11-15(2)32-16(3)12-26)18(22(27)29)10-19-23(30)28(24(33)34-19)13-17-7-5-9-31-17/h4,6,8,10,15-17H,5,7,9,11-13H2,1-3H3/b19-10+/t15-,16+,17-/m1/s1. The van der Waals surface area contributed by atoms with Crippen LogP contribution < -0.4 is 10.5 Å². The monoisotopic (exact) mass is 500 g/mol. The van der Waals surface area contributed by atoms with Crippen molar-refractivity contribution in [1.82, 2.24) is 14.3 Å². The third-order valence-corrected chi connectivity index (χ3v) is 7.72. The third-order valence-electron chi connectivity index (χ3n) is 6.34. The molecule has 10 heteroatoms. The number of ether oxygens (including phenoxy) is 2. The molecule has 3 saturated heterocycles. The SMILES string of the molecule is Cc1cccn2c(=O)c(/C=C3/SC(=S)N(C[C@H]4CCCO4)C3=O)c(N3C[C@@H](C)O[C@@H](C)C3)nc12. The van der Waals surface area contributed by atoms with Crippen LogP contribution in [0.15, 0.2) is 28.0 Å². The second kappa shape index (κ2) is 9.41. The lowest BCUT2D eigenvalue weighted by molar-refractivity contribution is -0.123. The fourth-order valence-electron chi connectivity index (χ4n) is 4.80. The van der Waals surface area contributed by atoms with Crippen molar-refractivity contribution >= 4 is 51.7 Å². The summed E-state index contributed by atoms with van der Waals surface area (Å²) in [6, 6.07) is 3.76. The first-order valence-electron chi connectivity index (χ1n) is 11.6. The maximum Gasteiger partial charge on any atom is 0.267 e. The highest BCUT2D eigenvalue weighted by molar-refractivity contribution is 8.26. The van der Waals surface area contributed by atoms with Gasteiger partial charge in [0, 0.05) is 25.9 Å². The van der Waals surface area contributed by atoms with Crippen LogP contribution >= 0.6 is 24.0 Å². The Hall–Kier alpha value is -2.27. The molecule has 3 fully saturated rings. The largest absolute Gasteiger partial charge is 0.376 e. The molecule has 0 aliphatic carbocycles. The minimum Gasteiger partial charge on any atom is -0.376 e. The van der Waals surface area contributed by atoms with E-state index in [1.54, 1.807) is 21.6 Å². The van der Waals surface area contributed by atoms with Gasteiger partial charge in [0.2, 0.25) is 0 Å². The number of aromatic nitrogens is 2. The molecule has 0 spiro atoms. The molecule has 34 heavy (non-hydrogen) atoms. The molecule has 0 aromatic carbocycles. The number of fused-ring (bicyclic) bond motifs is 1. The lowest BCUT2D eigenvalue weighted by atomic mass is 10.1. The molecule has 3 atom stereocenters. The van der Waals surface area contributed by atoms with Gasteiger partial charge >= 0.3 is 0 Å². The predicted octanol–water partition coefficient (Wildman–Crippen LogP) is 3.00. The third kappa shape index (κ3) is 4.39. The number of thioether (sulfide) groups is 1. The van der Waals surface area contributed by atoms with Crippen molar-refractivity contribution in [3.63, 3.8) is 0 Å². The van der Waals surface area contributed by atoms with Crippen LogP contribution in [-0.4, -0.2) is 69.1 Å². The summed E-state index contributed by atoms with van der Waals surface area (Å²) in [5.74, 6) is 0.389. The normalized spacial score (nSPS) is 26.9. The van der Waals surface area contributed by atoms with Crippen LogP contribution in [-0.2, 0) is 14.3 Å². The van der Waals surface area contributed by atoms with E-state index >= 15 is 0 Å². The van der Waals surface area contributed by atoms with E-state index in [2.05, 4.69) is 4.90 Å². The summed E-state index contributed by atoms with van der Waals surface area (Å²) in [6.45, 7) is 8.34. The first-order chi connectivity index (χ1) is 16.3. The van der Waals surface area contributed by atoms with Gasteiger partial charge in [-0.15, -0.1) is 0 Å². The molecule has 1 amide bonds. The number of hydrogen-bond donors (Lipinski definition) is 0. The molecule has 0 bridgehead atoms. The molecule has 0 unspecified atom stereocenters. The van der Waals surface area contributed by atoms with Crippen LogP contribution in [0.3, 0.4) is 0 Å². The van der Waals surface area contributed by atoms with Crippen molar-refractivity contribution < 1.29 is 14.3 Å². The number of rotatable bonds is 4. The van der Waals surface area contributed by atoms with Crippen LogP contribution in [0.4, 0.5) is 5.82 Å². The van der Waals surface area contributed by atoms with Gasteiger partial charge in [-0.05, 0) is 51.3 Å². The highest BCUT2D eigenvalue weighted by Crippen LogP contribution is 2.35. The lowest BCUT2D eigenvalue weighted by Crippen LogP contribution is -2.46. The summed E-state index contributed by atoms with van der Waals surface area (Å²) in [5.41, 5.74) is 1.70. The Morgan fingerprint density at radius 1 is 1.26 bits per heavy atom. The highest BCUT2D eigenvalue weighted by atomic mass is 32.2. The number of carbonyl (C=O) groups is 1.